The molecule has 0 aliphatic carbocycles. The Balaban J connectivity index is 2.54. The lowest BCUT2D eigenvalue weighted by Gasteiger charge is -2.25. The van der Waals surface area contributed by atoms with Crippen LogP contribution >= 0.6 is 0 Å². The molecule has 2 atom stereocenters. The summed E-state index contributed by atoms with van der Waals surface area (Å²) in [7, 11) is 0. The summed E-state index contributed by atoms with van der Waals surface area (Å²) in [5, 5.41) is 8.26. The van der Waals surface area contributed by atoms with Crippen molar-refractivity contribution >= 4 is 11.9 Å². The van der Waals surface area contributed by atoms with Gasteiger partial charge in [0, 0.05) is 23.8 Å². The van der Waals surface area contributed by atoms with E-state index in [0.717, 1.165) is 0 Å². The average Bonchev–Trinajstić information content (AvgIpc) is 2.19. The Kier molecular flexibility index (Phi) is 4.85. The molecule has 0 aromatic rings. The number of rotatable bonds is 5. The molecule has 0 aromatic carbocycles. The van der Waals surface area contributed by atoms with Gasteiger partial charge in [0.1, 0.15) is 0 Å². The summed E-state index contributed by atoms with van der Waals surface area (Å²) in [5.41, 5.74) is 1.23. The van der Waals surface area contributed by atoms with Gasteiger partial charge in [-0.1, -0.05) is 33.1 Å². The maximum atomic E-state index is 4.17. The molecular weight excluding hydrogens is 172 g/mol. The van der Waals surface area contributed by atoms with Gasteiger partial charge in [-0.25, -0.2) is 0 Å². The van der Waals surface area contributed by atoms with E-state index in [1.54, 1.807) is 0 Å². The van der Waals surface area contributed by atoms with Gasteiger partial charge in [-0.2, -0.15) is 10.2 Å². The first kappa shape index (κ1) is 11.4. The van der Waals surface area contributed by atoms with Crippen molar-refractivity contribution in [1.82, 2.24) is 0 Å². The van der Waals surface area contributed by atoms with Crippen LogP contribution in [0.15, 0.2) is 10.2 Å². The normalized spacial score (nSPS) is 26.4. The van der Waals surface area contributed by atoms with Crippen LogP contribution in [0.5, 0.6) is 0 Å². The van der Waals surface area contributed by atoms with E-state index < -0.39 is 0 Å². The lowest BCUT2D eigenvalue weighted by molar-refractivity contribution is 0.448. The molecule has 2 unspecified atom stereocenters. The Labute approximate surface area is 87.5 Å². The maximum absolute atomic E-state index is 4.17. The topological polar surface area (TPSA) is 24.7 Å². The van der Waals surface area contributed by atoms with Gasteiger partial charge < -0.3 is 0 Å². The Bertz CT molecular complexity index is 218. The summed E-state index contributed by atoms with van der Waals surface area (Å²) in [6.45, 7) is 6.61. The minimum Gasteiger partial charge on any atom is -0.163 e. The molecule has 1 aliphatic heterocycles. The van der Waals surface area contributed by atoms with Crippen molar-refractivity contribution in [3.05, 3.63) is 0 Å². The monoisotopic (exact) mass is 194 g/mol. The van der Waals surface area contributed by atoms with Gasteiger partial charge in [0.15, 0.2) is 0 Å². The van der Waals surface area contributed by atoms with Crippen LogP contribution in [0.25, 0.3) is 0 Å². The highest BCUT2D eigenvalue weighted by Crippen LogP contribution is 2.25. The molecule has 0 spiro atoms. The van der Waals surface area contributed by atoms with Gasteiger partial charge in [0.25, 0.3) is 0 Å². The molecule has 0 bridgehead atoms. The van der Waals surface area contributed by atoms with Gasteiger partial charge in [0.2, 0.25) is 0 Å². The van der Waals surface area contributed by atoms with Crippen molar-refractivity contribution in [2.24, 2.45) is 22.0 Å². The predicted octanol–water partition coefficient (Wildman–Crippen LogP) is 3.67. The van der Waals surface area contributed by atoms with Crippen LogP contribution in [-0.2, 0) is 0 Å². The van der Waals surface area contributed by atoms with Gasteiger partial charge in [-0.15, -0.1) is 0 Å². The second kappa shape index (κ2) is 5.94. The maximum Gasteiger partial charge on any atom is 0.0412 e. The Morgan fingerprint density at radius 2 is 2.00 bits per heavy atom. The first-order valence-electron chi connectivity index (χ1n) is 5.87. The van der Waals surface area contributed by atoms with E-state index in [4.69, 9.17) is 0 Å². The quantitative estimate of drug-likeness (QED) is 0.638. The molecule has 14 heavy (non-hydrogen) atoms. The molecule has 1 heterocycles. The van der Waals surface area contributed by atoms with Crippen LogP contribution in [-0.4, -0.2) is 11.9 Å². The van der Waals surface area contributed by atoms with Crippen molar-refractivity contribution in [3.8, 4) is 0 Å². The van der Waals surface area contributed by atoms with Crippen LogP contribution in [0.3, 0.4) is 0 Å². The largest absolute Gasteiger partial charge is 0.163 e. The van der Waals surface area contributed by atoms with Crippen molar-refractivity contribution in [3.63, 3.8) is 0 Å². The number of hydrogen-bond donors (Lipinski definition) is 0. The molecule has 1 rings (SSSR count). The zero-order chi connectivity index (χ0) is 10.4. The summed E-state index contributed by atoms with van der Waals surface area (Å²) < 4.78 is 0. The highest BCUT2D eigenvalue weighted by atomic mass is 15.2. The highest BCUT2D eigenvalue weighted by molar-refractivity contribution is 5.89. The molecule has 0 amide bonds. The highest BCUT2D eigenvalue weighted by Gasteiger charge is 2.23. The van der Waals surface area contributed by atoms with Gasteiger partial charge >= 0.3 is 0 Å². The molecule has 80 valence electrons. The summed E-state index contributed by atoms with van der Waals surface area (Å²) >= 11 is 0. The number of unbranched alkanes of at least 4 members (excludes halogenated alkanes) is 1. The van der Waals surface area contributed by atoms with Crippen LogP contribution in [0.2, 0.25) is 0 Å². The Morgan fingerprint density at radius 3 is 2.64 bits per heavy atom. The number of hydrogen-bond acceptors (Lipinski definition) is 2. The summed E-state index contributed by atoms with van der Waals surface area (Å²) in [6, 6.07) is 0. The van der Waals surface area contributed by atoms with Crippen molar-refractivity contribution < 1.29 is 0 Å². The second-order valence-electron chi connectivity index (χ2n) is 4.21. The van der Waals surface area contributed by atoms with Crippen molar-refractivity contribution in [2.45, 2.75) is 52.9 Å². The van der Waals surface area contributed by atoms with E-state index in [-0.39, 0.29) is 0 Å². The fourth-order valence-corrected chi connectivity index (χ4v) is 2.15. The lowest BCUT2D eigenvalue weighted by atomic mass is 9.82. The van der Waals surface area contributed by atoms with E-state index >= 15 is 0 Å². The summed E-state index contributed by atoms with van der Waals surface area (Å²) in [6.07, 6.45) is 8.42. The van der Waals surface area contributed by atoms with E-state index in [1.807, 2.05) is 0 Å². The third-order valence-corrected chi connectivity index (χ3v) is 3.02. The van der Waals surface area contributed by atoms with Crippen LogP contribution < -0.4 is 0 Å². The van der Waals surface area contributed by atoms with Gasteiger partial charge in [-0.3, -0.25) is 0 Å². The summed E-state index contributed by atoms with van der Waals surface area (Å²) in [4.78, 5) is 0. The first-order chi connectivity index (χ1) is 6.79. The zero-order valence-electron chi connectivity index (χ0n) is 9.66. The minimum atomic E-state index is 0.646. The van der Waals surface area contributed by atoms with E-state index in [2.05, 4.69) is 37.2 Å². The van der Waals surface area contributed by atoms with Crippen molar-refractivity contribution in [1.29, 1.82) is 0 Å². The molecule has 1 aliphatic rings. The van der Waals surface area contributed by atoms with Crippen LogP contribution in [0.4, 0.5) is 0 Å². The molecule has 2 heteroatoms. The molecule has 0 N–H and O–H groups in total. The molecular formula is C12H22N2. The molecule has 0 saturated heterocycles. The molecule has 0 fully saturated rings. The van der Waals surface area contributed by atoms with Crippen LogP contribution in [0, 0.1) is 11.8 Å². The fraction of sp³-hybridized carbons (Fsp3) is 0.833. The second-order valence-corrected chi connectivity index (χ2v) is 4.21. The molecule has 2 nitrogen and oxygen atoms in total. The summed E-state index contributed by atoms with van der Waals surface area (Å²) in [5.74, 6) is 1.30. The molecule has 0 radical (unpaired) electrons. The fourth-order valence-electron chi connectivity index (χ4n) is 2.15. The van der Waals surface area contributed by atoms with Gasteiger partial charge in [-0.05, 0) is 19.8 Å². The van der Waals surface area contributed by atoms with Crippen LogP contribution in [0.1, 0.15) is 52.9 Å². The molecule has 0 aromatic heterocycles. The Morgan fingerprint density at radius 1 is 1.21 bits per heavy atom. The third-order valence-electron chi connectivity index (χ3n) is 3.02. The van der Waals surface area contributed by atoms with E-state index in [0.29, 0.717) is 11.8 Å². The van der Waals surface area contributed by atoms with E-state index in [1.165, 1.54) is 37.8 Å². The molecule has 0 saturated carbocycles. The van der Waals surface area contributed by atoms with Gasteiger partial charge in [0.05, 0.1) is 0 Å². The zero-order valence-corrected chi connectivity index (χ0v) is 9.66. The SMILES string of the molecule is CCCCC1C=NN=C(C)C1CCC. The standard InChI is InChI=1S/C12H22N2/c1-4-6-8-11-9-13-14-10(3)12(11)7-5-2/h9,11-12H,4-8H2,1-3H3. The smallest absolute Gasteiger partial charge is 0.0412 e. The van der Waals surface area contributed by atoms with E-state index in [9.17, 15) is 0 Å². The average molecular weight is 194 g/mol. The minimum absolute atomic E-state index is 0.646. The van der Waals surface area contributed by atoms with Crippen molar-refractivity contribution in [2.75, 3.05) is 0 Å². The first-order valence-corrected chi connectivity index (χ1v) is 5.87. The Hall–Kier alpha value is -0.660. The predicted molar refractivity (Wildman–Crippen MR) is 63.0 cm³/mol. The third kappa shape index (κ3) is 2.93. The lowest BCUT2D eigenvalue weighted by Crippen LogP contribution is -2.25. The number of nitrogens with zero attached hydrogens (tertiary/aromatic N) is 2.